The second-order valence-corrected chi connectivity index (χ2v) is 3.73. The van der Waals surface area contributed by atoms with Gasteiger partial charge in [0.1, 0.15) is 18.1 Å². The van der Waals surface area contributed by atoms with Gasteiger partial charge in [-0.3, -0.25) is 10.1 Å². The number of rotatable bonds is 5. The molecule has 0 fully saturated rings. The van der Waals surface area contributed by atoms with E-state index in [-0.39, 0.29) is 17.3 Å². The molecule has 0 radical (unpaired) electrons. The molecular formula is C11H9N5O4. The number of carbonyl (C=O) groups is 1. The summed E-state index contributed by atoms with van der Waals surface area (Å²) in [5.41, 5.74) is 0.500. The average Bonchev–Trinajstić information content (AvgIpc) is 2.46. The van der Waals surface area contributed by atoms with E-state index in [0.717, 1.165) is 18.0 Å². The number of carboxylic acids is 1. The van der Waals surface area contributed by atoms with E-state index in [4.69, 9.17) is 5.11 Å². The number of nitro groups is 1. The van der Waals surface area contributed by atoms with Crippen LogP contribution in [-0.4, -0.2) is 31.0 Å². The van der Waals surface area contributed by atoms with Crippen molar-refractivity contribution in [3.63, 3.8) is 0 Å². The quantitative estimate of drug-likeness (QED) is 0.612. The number of pyridine rings is 1. The highest BCUT2D eigenvalue weighted by atomic mass is 16.6. The minimum absolute atomic E-state index is 0.0414. The summed E-state index contributed by atoms with van der Waals surface area (Å²) in [6.07, 6.45) is 3.62. The van der Waals surface area contributed by atoms with Crippen molar-refractivity contribution in [3.05, 3.63) is 52.1 Å². The summed E-state index contributed by atoms with van der Waals surface area (Å²) >= 11 is 0. The van der Waals surface area contributed by atoms with Crippen LogP contribution in [0.5, 0.6) is 0 Å². The molecule has 2 heterocycles. The number of hydrogen-bond acceptors (Lipinski definition) is 7. The van der Waals surface area contributed by atoms with Gasteiger partial charge in [-0.05, 0) is 11.6 Å². The average molecular weight is 275 g/mol. The van der Waals surface area contributed by atoms with Crippen LogP contribution < -0.4 is 5.32 Å². The maximum atomic E-state index is 10.6. The molecule has 102 valence electrons. The van der Waals surface area contributed by atoms with Gasteiger partial charge in [0, 0.05) is 12.7 Å². The summed E-state index contributed by atoms with van der Waals surface area (Å²) in [4.78, 5) is 31.8. The van der Waals surface area contributed by atoms with Gasteiger partial charge in [0.05, 0.1) is 4.92 Å². The molecule has 2 rings (SSSR count). The fraction of sp³-hybridized carbons (Fsp3) is 0.0909. The number of carboxylic acid groups (broad SMARTS) is 1. The van der Waals surface area contributed by atoms with Crippen molar-refractivity contribution in [2.45, 2.75) is 6.54 Å². The first-order chi connectivity index (χ1) is 9.56. The van der Waals surface area contributed by atoms with Gasteiger partial charge in [0.2, 0.25) is 5.95 Å². The standard InChI is InChI=1S/C11H9N5O4/c17-10(18)9-2-1-7(3-12-9)4-13-11-14-5-8(6-15-11)16(19)20/h1-3,5-6H,4H2,(H,17,18)(H,13,14,15). The van der Waals surface area contributed by atoms with Gasteiger partial charge >= 0.3 is 11.7 Å². The highest BCUT2D eigenvalue weighted by Gasteiger charge is 2.07. The van der Waals surface area contributed by atoms with Gasteiger partial charge in [0.15, 0.2) is 0 Å². The monoisotopic (exact) mass is 275 g/mol. The molecule has 0 aliphatic rings. The van der Waals surface area contributed by atoms with Crippen molar-refractivity contribution in [1.29, 1.82) is 0 Å². The van der Waals surface area contributed by atoms with Crippen molar-refractivity contribution in [1.82, 2.24) is 15.0 Å². The molecule has 20 heavy (non-hydrogen) atoms. The molecule has 9 heteroatoms. The van der Waals surface area contributed by atoms with Crippen LogP contribution >= 0.6 is 0 Å². The molecule has 2 aromatic rings. The lowest BCUT2D eigenvalue weighted by molar-refractivity contribution is -0.385. The largest absolute Gasteiger partial charge is 0.477 e. The number of nitrogens with one attached hydrogen (secondary N) is 1. The van der Waals surface area contributed by atoms with Crippen molar-refractivity contribution < 1.29 is 14.8 Å². The maximum Gasteiger partial charge on any atom is 0.354 e. The molecule has 2 N–H and O–H groups in total. The molecule has 9 nitrogen and oxygen atoms in total. The van der Waals surface area contributed by atoms with Crippen molar-refractivity contribution in [2.75, 3.05) is 5.32 Å². The minimum atomic E-state index is -1.09. The maximum absolute atomic E-state index is 10.6. The van der Waals surface area contributed by atoms with Gasteiger partial charge in [0.25, 0.3) is 0 Å². The van der Waals surface area contributed by atoms with Gasteiger partial charge in [-0.2, -0.15) is 0 Å². The first kappa shape index (κ1) is 13.3. The molecule has 0 aliphatic carbocycles. The Hall–Kier alpha value is -3.10. The molecule has 0 unspecified atom stereocenters. The van der Waals surface area contributed by atoms with E-state index < -0.39 is 10.9 Å². The number of aromatic nitrogens is 3. The molecule has 0 saturated heterocycles. The lowest BCUT2D eigenvalue weighted by Crippen LogP contribution is -2.05. The zero-order valence-electron chi connectivity index (χ0n) is 10.1. The number of anilines is 1. The van der Waals surface area contributed by atoms with Crippen molar-refractivity contribution >= 4 is 17.6 Å². The number of hydrogen-bond donors (Lipinski definition) is 2. The Morgan fingerprint density at radius 3 is 2.45 bits per heavy atom. The van der Waals surface area contributed by atoms with Crippen LogP contribution in [0.25, 0.3) is 0 Å². The smallest absolute Gasteiger partial charge is 0.354 e. The molecule has 0 atom stereocenters. The fourth-order valence-corrected chi connectivity index (χ4v) is 1.34. The molecule has 2 aromatic heterocycles. The normalized spacial score (nSPS) is 10.0. The Morgan fingerprint density at radius 2 is 1.95 bits per heavy atom. The topological polar surface area (TPSA) is 131 Å². The Kier molecular flexibility index (Phi) is 3.80. The molecule has 0 saturated carbocycles. The van der Waals surface area contributed by atoms with Crippen LogP contribution in [0.3, 0.4) is 0 Å². The summed E-state index contributed by atoms with van der Waals surface area (Å²) in [6.45, 7) is 0.324. The van der Waals surface area contributed by atoms with Gasteiger partial charge in [-0.1, -0.05) is 6.07 Å². The van der Waals surface area contributed by atoms with Crippen LogP contribution in [0.1, 0.15) is 16.1 Å². The molecule has 0 aromatic carbocycles. The second-order valence-electron chi connectivity index (χ2n) is 3.73. The van der Waals surface area contributed by atoms with E-state index in [1.54, 1.807) is 6.07 Å². The molecule has 0 bridgehead atoms. The van der Waals surface area contributed by atoms with E-state index >= 15 is 0 Å². The third-order valence-electron chi connectivity index (χ3n) is 2.34. The summed E-state index contributed by atoms with van der Waals surface area (Å²) in [5, 5.41) is 22.0. The zero-order chi connectivity index (χ0) is 14.5. The van der Waals surface area contributed by atoms with E-state index in [9.17, 15) is 14.9 Å². The van der Waals surface area contributed by atoms with Gasteiger partial charge < -0.3 is 10.4 Å². The van der Waals surface area contributed by atoms with Crippen LogP contribution in [0, 0.1) is 10.1 Å². The lowest BCUT2D eigenvalue weighted by Gasteiger charge is -2.04. The minimum Gasteiger partial charge on any atom is -0.477 e. The summed E-state index contributed by atoms with van der Waals surface area (Å²) in [5.74, 6) is -0.860. The van der Waals surface area contributed by atoms with E-state index in [2.05, 4.69) is 20.3 Å². The second kappa shape index (κ2) is 5.69. The Morgan fingerprint density at radius 1 is 1.25 bits per heavy atom. The van der Waals surface area contributed by atoms with Crippen LogP contribution in [0.4, 0.5) is 11.6 Å². The molecule has 0 spiro atoms. The highest BCUT2D eigenvalue weighted by Crippen LogP contribution is 2.09. The van der Waals surface area contributed by atoms with Crippen LogP contribution in [0.15, 0.2) is 30.7 Å². The van der Waals surface area contributed by atoms with Gasteiger partial charge in [-0.15, -0.1) is 0 Å². The Labute approximate surface area is 112 Å². The zero-order valence-corrected chi connectivity index (χ0v) is 10.1. The third-order valence-corrected chi connectivity index (χ3v) is 2.34. The van der Waals surface area contributed by atoms with E-state index in [1.807, 2.05) is 0 Å². The first-order valence-electron chi connectivity index (χ1n) is 5.45. The number of nitrogens with zero attached hydrogens (tertiary/aromatic N) is 4. The summed E-state index contributed by atoms with van der Waals surface area (Å²) < 4.78 is 0. The lowest BCUT2D eigenvalue weighted by atomic mass is 10.2. The predicted octanol–water partition coefficient (Wildman–Crippen LogP) is 1.09. The predicted molar refractivity (Wildman–Crippen MR) is 67.2 cm³/mol. The molecular weight excluding hydrogens is 266 g/mol. The van der Waals surface area contributed by atoms with Crippen molar-refractivity contribution in [2.24, 2.45) is 0 Å². The van der Waals surface area contributed by atoms with Crippen molar-refractivity contribution in [3.8, 4) is 0 Å². The van der Waals surface area contributed by atoms with E-state index in [1.165, 1.54) is 12.3 Å². The fourth-order valence-electron chi connectivity index (χ4n) is 1.34. The molecule has 0 aliphatic heterocycles. The first-order valence-corrected chi connectivity index (χ1v) is 5.45. The van der Waals surface area contributed by atoms with Gasteiger partial charge in [-0.25, -0.2) is 19.7 Å². The van der Waals surface area contributed by atoms with Crippen LogP contribution in [0.2, 0.25) is 0 Å². The third kappa shape index (κ3) is 3.22. The molecule has 0 amide bonds. The van der Waals surface area contributed by atoms with E-state index in [0.29, 0.717) is 6.54 Å². The number of aromatic carboxylic acids is 1. The Bertz CT molecular complexity index is 569. The Balaban J connectivity index is 1.97. The van der Waals surface area contributed by atoms with Crippen LogP contribution in [-0.2, 0) is 6.54 Å². The SMILES string of the molecule is O=C(O)c1ccc(CNc2ncc([N+](=O)[O-])cn2)cn1. The summed E-state index contributed by atoms with van der Waals surface area (Å²) in [6, 6.07) is 2.99. The summed E-state index contributed by atoms with van der Waals surface area (Å²) in [7, 11) is 0. The highest BCUT2D eigenvalue weighted by molar-refractivity contribution is 5.85.